The lowest BCUT2D eigenvalue weighted by molar-refractivity contribution is 0.569. The third-order valence-electron chi connectivity index (χ3n) is 3.79. The first-order valence-corrected chi connectivity index (χ1v) is 10.1. The van der Waals surface area contributed by atoms with E-state index >= 15 is 0 Å². The molecule has 0 atom stereocenters. The first kappa shape index (κ1) is 19.9. The van der Waals surface area contributed by atoms with Gasteiger partial charge in [0.05, 0.1) is 22.7 Å². The second-order valence-electron chi connectivity index (χ2n) is 6.54. The minimum atomic E-state index is -3.41. The molecule has 0 saturated heterocycles. The van der Waals surface area contributed by atoms with Crippen molar-refractivity contribution >= 4 is 15.7 Å². The van der Waals surface area contributed by atoms with Crippen LogP contribution in [0.4, 0.5) is 5.69 Å². The van der Waals surface area contributed by atoms with E-state index in [2.05, 4.69) is 21.1 Å². The lowest BCUT2D eigenvalue weighted by Gasteiger charge is -2.15. The zero-order valence-electron chi connectivity index (χ0n) is 15.5. The number of rotatable bonds is 7. The quantitative estimate of drug-likeness (QED) is 0.779. The van der Waals surface area contributed by atoms with E-state index < -0.39 is 10.0 Å². The summed E-state index contributed by atoms with van der Waals surface area (Å²) in [5.74, 6) is -0.0808. The SMILES string of the molecule is Cc1cc(NCc2ccccc2CS(=O)(=O)NC(C)C)c(C#N)c(C)n1. The zero-order valence-corrected chi connectivity index (χ0v) is 16.3. The Morgan fingerprint density at radius 1 is 1.19 bits per heavy atom. The van der Waals surface area contributed by atoms with Gasteiger partial charge in [0.2, 0.25) is 10.0 Å². The Kier molecular flexibility index (Phi) is 6.35. The highest BCUT2D eigenvalue weighted by Gasteiger charge is 2.15. The number of nitriles is 1. The third-order valence-corrected chi connectivity index (χ3v) is 5.31. The predicted molar refractivity (Wildman–Crippen MR) is 103 cm³/mol. The molecule has 0 aliphatic carbocycles. The Labute approximate surface area is 155 Å². The molecule has 1 heterocycles. The number of sulfonamides is 1. The van der Waals surface area contributed by atoms with Gasteiger partial charge in [-0.1, -0.05) is 24.3 Å². The summed E-state index contributed by atoms with van der Waals surface area (Å²) in [5, 5.41) is 12.6. The van der Waals surface area contributed by atoms with E-state index in [1.54, 1.807) is 20.8 Å². The number of aryl methyl sites for hydroxylation is 2. The Bertz CT molecular complexity index is 931. The van der Waals surface area contributed by atoms with Gasteiger partial charge in [0, 0.05) is 18.3 Å². The second-order valence-corrected chi connectivity index (χ2v) is 8.29. The molecule has 1 aromatic heterocycles. The number of benzene rings is 1. The largest absolute Gasteiger partial charge is 0.380 e. The van der Waals surface area contributed by atoms with Crippen molar-refractivity contribution in [2.24, 2.45) is 0 Å². The maximum absolute atomic E-state index is 12.2. The number of pyridine rings is 1. The fraction of sp³-hybridized carbons (Fsp3) is 0.368. The van der Waals surface area contributed by atoms with Gasteiger partial charge in [0.1, 0.15) is 6.07 Å². The lowest BCUT2D eigenvalue weighted by Crippen LogP contribution is -2.31. The topological polar surface area (TPSA) is 94.9 Å². The fourth-order valence-corrected chi connectivity index (χ4v) is 4.27. The van der Waals surface area contributed by atoms with E-state index in [1.807, 2.05) is 37.3 Å². The van der Waals surface area contributed by atoms with Crippen LogP contribution >= 0.6 is 0 Å². The van der Waals surface area contributed by atoms with E-state index in [1.165, 1.54) is 0 Å². The third kappa shape index (κ3) is 5.28. The van der Waals surface area contributed by atoms with Crippen molar-refractivity contribution in [3.8, 4) is 6.07 Å². The van der Waals surface area contributed by atoms with Crippen molar-refractivity contribution in [2.75, 3.05) is 5.32 Å². The van der Waals surface area contributed by atoms with Crippen LogP contribution < -0.4 is 10.0 Å². The van der Waals surface area contributed by atoms with Gasteiger partial charge in [-0.25, -0.2) is 13.1 Å². The maximum Gasteiger partial charge on any atom is 0.216 e. The van der Waals surface area contributed by atoms with Crippen LogP contribution in [0.1, 0.15) is 41.9 Å². The molecule has 0 aliphatic rings. The van der Waals surface area contributed by atoms with Gasteiger partial charge < -0.3 is 5.32 Å². The standard InChI is InChI=1S/C19H24N4O2S/c1-13(2)23-26(24,25)12-17-8-6-5-7-16(17)11-21-19-9-14(3)22-15(4)18(19)10-20/h5-9,13,23H,11-12H2,1-4H3,(H,21,22). The van der Waals surface area contributed by atoms with Crippen molar-refractivity contribution in [3.05, 3.63) is 58.4 Å². The summed E-state index contributed by atoms with van der Waals surface area (Å²) in [6.45, 7) is 7.68. The summed E-state index contributed by atoms with van der Waals surface area (Å²) in [7, 11) is -3.41. The number of nitrogens with one attached hydrogen (secondary N) is 2. The molecule has 1 aromatic carbocycles. The smallest absolute Gasteiger partial charge is 0.216 e. The first-order chi connectivity index (χ1) is 12.2. The molecule has 0 spiro atoms. The summed E-state index contributed by atoms with van der Waals surface area (Å²) in [6, 6.07) is 11.2. The lowest BCUT2D eigenvalue weighted by atomic mass is 10.1. The Hall–Kier alpha value is -2.43. The van der Waals surface area contributed by atoms with Crippen molar-refractivity contribution in [1.29, 1.82) is 5.26 Å². The van der Waals surface area contributed by atoms with Gasteiger partial charge in [-0.2, -0.15) is 5.26 Å². The molecule has 26 heavy (non-hydrogen) atoms. The van der Waals surface area contributed by atoms with Crippen LogP contribution in [0.15, 0.2) is 30.3 Å². The van der Waals surface area contributed by atoms with Crippen molar-refractivity contribution in [2.45, 2.75) is 46.0 Å². The summed E-state index contributed by atoms with van der Waals surface area (Å²) in [4.78, 5) is 4.30. The number of anilines is 1. The summed E-state index contributed by atoms with van der Waals surface area (Å²) in [5.41, 5.74) is 4.30. The average Bonchev–Trinajstić information content (AvgIpc) is 2.52. The molecule has 0 bridgehead atoms. The van der Waals surface area contributed by atoms with E-state index in [0.29, 0.717) is 23.5 Å². The monoisotopic (exact) mass is 372 g/mol. The van der Waals surface area contributed by atoms with Gasteiger partial charge >= 0.3 is 0 Å². The maximum atomic E-state index is 12.2. The van der Waals surface area contributed by atoms with Crippen LogP contribution in [0.25, 0.3) is 0 Å². The van der Waals surface area contributed by atoms with E-state index in [-0.39, 0.29) is 11.8 Å². The molecule has 0 unspecified atom stereocenters. The Morgan fingerprint density at radius 3 is 2.46 bits per heavy atom. The van der Waals surface area contributed by atoms with Crippen molar-refractivity contribution in [1.82, 2.24) is 9.71 Å². The molecule has 0 radical (unpaired) electrons. The number of nitrogens with zero attached hydrogens (tertiary/aromatic N) is 2. The average molecular weight is 372 g/mol. The number of aromatic nitrogens is 1. The van der Waals surface area contributed by atoms with Crippen molar-refractivity contribution < 1.29 is 8.42 Å². The molecule has 2 rings (SSSR count). The van der Waals surface area contributed by atoms with E-state index in [9.17, 15) is 13.7 Å². The molecular formula is C19H24N4O2S. The molecule has 0 saturated carbocycles. The van der Waals surface area contributed by atoms with Crippen LogP contribution in [0.3, 0.4) is 0 Å². The second kappa shape index (κ2) is 8.30. The van der Waals surface area contributed by atoms with Crippen LogP contribution in [-0.4, -0.2) is 19.4 Å². The van der Waals surface area contributed by atoms with Gasteiger partial charge in [-0.15, -0.1) is 0 Å². The molecule has 2 N–H and O–H groups in total. The Balaban J connectivity index is 2.24. The molecule has 0 fully saturated rings. The number of hydrogen-bond donors (Lipinski definition) is 2. The number of hydrogen-bond acceptors (Lipinski definition) is 5. The summed E-state index contributed by atoms with van der Waals surface area (Å²) in [6.07, 6.45) is 0. The minimum Gasteiger partial charge on any atom is -0.380 e. The molecule has 2 aromatic rings. The Morgan fingerprint density at radius 2 is 1.85 bits per heavy atom. The fourth-order valence-electron chi connectivity index (χ4n) is 2.78. The molecule has 6 nitrogen and oxygen atoms in total. The van der Waals surface area contributed by atoms with Crippen LogP contribution in [0.2, 0.25) is 0 Å². The molecule has 0 aliphatic heterocycles. The van der Waals surface area contributed by atoms with Gasteiger partial charge in [0.15, 0.2) is 0 Å². The highest BCUT2D eigenvalue weighted by atomic mass is 32.2. The first-order valence-electron chi connectivity index (χ1n) is 8.41. The highest BCUT2D eigenvalue weighted by molar-refractivity contribution is 7.88. The van der Waals surface area contributed by atoms with Gasteiger partial charge in [-0.05, 0) is 44.9 Å². The van der Waals surface area contributed by atoms with Gasteiger partial charge in [-0.3, -0.25) is 4.98 Å². The van der Waals surface area contributed by atoms with Gasteiger partial charge in [0.25, 0.3) is 0 Å². The zero-order chi connectivity index (χ0) is 19.3. The van der Waals surface area contributed by atoms with Crippen LogP contribution in [0, 0.1) is 25.2 Å². The van der Waals surface area contributed by atoms with Crippen LogP contribution in [-0.2, 0) is 22.3 Å². The van der Waals surface area contributed by atoms with E-state index in [0.717, 1.165) is 16.8 Å². The summed E-state index contributed by atoms with van der Waals surface area (Å²) >= 11 is 0. The summed E-state index contributed by atoms with van der Waals surface area (Å²) < 4.78 is 27.1. The molecular weight excluding hydrogens is 348 g/mol. The molecule has 7 heteroatoms. The predicted octanol–water partition coefficient (Wildman–Crippen LogP) is 3.01. The van der Waals surface area contributed by atoms with Crippen LogP contribution in [0.5, 0.6) is 0 Å². The normalized spacial score (nSPS) is 11.4. The minimum absolute atomic E-state index is 0.0808. The van der Waals surface area contributed by atoms with Crippen molar-refractivity contribution in [3.63, 3.8) is 0 Å². The molecule has 138 valence electrons. The molecule has 0 amide bonds. The highest BCUT2D eigenvalue weighted by Crippen LogP contribution is 2.21. The van der Waals surface area contributed by atoms with E-state index in [4.69, 9.17) is 0 Å².